The van der Waals surface area contributed by atoms with Crippen LogP contribution in [0.2, 0.25) is 0 Å². The first-order chi connectivity index (χ1) is 11.3. The summed E-state index contributed by atoms with van der Waals surface area (Å²) in [6.45, 7) is 1.53. The second-order valence-corrected chi connectivity index (χ2v) is 6.42. The topological polar surface area (TPSA) is 62.4 Å². The first-order valence-corrected chi connectivity index (χ1v) is 8.05. The van der Waals surface area contributed by atoms with Crippen molar-refractivity contribution in [3.05, 3.63) is 33.7 Å². The molecule has 1 unspecified atom stereocenters. The van der Waals surface area contributed by atoms with E-state index in [-0.39, 0.29) is 11.7 Å². The van der Waals surface area contributed by atoms with E-state index in [0.29, 0.717) is 31.7 Å². The van der Waals surface area contributed by atoms with E-state index < -0.39 is 23.2 Å². The van der Waals surface area contributed by atoms with Gasteiger partial charge < -0.3 is 14.6 Å². The Labute approximate surface area is 136 Å². The first-order valence-electron chi connectivity index (χ1n) is 8.05. The van der Waals surface area contributed by atoms with Crippen LogP contribution in [0.4, 0.5) is 13.2 Å². The molecule has 1 N–H and O–H groups in total. The normalized spacial score (nSPS) is 21.8. The number of pyridine rings is 1. The molecular formula is C16H19F3N2O3. The molecule has 24 heavy (non-hydrogen) atoms. The van der Waals surface area contributed by atoms with Gasteiger partial charge in [-0.25, -0.2) is 0 Å². The molecule has 132 valence electrons. The van der Waals surface area contributed by atoms with Crippen molar-refractivity contribution in [1.82, 2.24) is 9.88 Å². The molecule has 2 fully saturated rings. The van der Waals surface area contributed by atoms with Gasteiger partial charge in [0.25, 0.3) is 11.5 Å². The summed E-state index contributed by atoms with van der Waals surface area (Å²) in [6, 6.07) is 0.621. The maximum atomic E-state index is 12.8. The molecule has 1 aliphatic heterocycles. The second-order valence-electron chi connectivity index (χ2n) is 6.42. The molecule has 2 heterocycles. The second kappa shape index (κ2) is 6.58. The van der Waals surface area contributed by atoms with Crippen LogP contribution in [0, 0.1) is 5.92 Å². The Hall–Kier alpha value is -1.83. The summed E-state index contributed by atoms with van der Waals surface area (Å²) in [5.41, 5.74) is -2.76. The lowest BCUT2D eigenvalue weighted by molar-refractivity contribution is -0.138. The number of hydrogen-bond donors (Lipinski definition) is 1. The van der Waals surface area contributed by atoms with Crippen LogP contribution < -0.4 is 5.56 Å². The minimum Gasteiger partial charge on any atom is -0.376 e. The number of carbonyl (C=O) groups excluding carboxylic acids is 1. The van der Waals surface area contributed by atoms with Crippen molar-refractivity contribution in [3.63, 3.8) is 0 Å². The SMILES string of the molecule is O=C(c1c[nH]c(=O)c(C(F)(F)F)c1)N1CCCC(OCC2CC2)C1. The summed E-state index contributed by atoms with van der Waals surface area (Å²) < 4.78 is 44.2. The molecule has 1 amide bonds. The summed E-state index contributed by atoms with van der Waals surface area (Å²) in [6.07, 6.45) is 0.107. The molecule has 8 heteroatoms. The Balaban J connectivity index is 1.69. The van der Waals surface area contributed by atoms with Crippen LogP contribution in [0.5, 0.6) is 0 Å². The van der Waals surface area contributed by atoms with Gasteiger partial charge in [-0.1, -0.05) is 0 Å². The summed E-state index contributed by atoms with van der Waals surface area (Å²) in [5.74, 6) is 0.0982. The van der Waals surface area contributed by atoms with Crippen molar-refractivity contribution in [2.24, 2.45) is 5.92 Å². The minimum absolute atomic E-state index is 0.0758. The van der Waals surface area contributed by atoms with Crippen molar-refractivity contribution < 1.29 is 22.7 Å². The maximum Gasteiger partial charge on any atom is 0.421 e. The van der Waals surface area contributed by atoms with E-state index in [4.69, 9.17) is 4.74 Å². The zero-order chi connectivity index (χ0) is 17.3. The molecular weight excluding hydrogens is 325 g/mol. The molecule has 1 aromatic rings. The number of halogens is 3. The van der Waals surface area contributed by atoms with E-state index >= 15 is 0 Å². The quantitative estimate of drug-likeness (QED) is 0.912. The van der Waals surface area contributed by atoms with Crippen molar-refractivity contribution in [1.29, 1.82) is 0 Å². The third kappa shape index (κ3) is 3.98. The van der Waals surface area contributed by atoms with Crippen LogP contribution in [0.15, 0.2) is 17.1 Å². The van der Waals surface area contributed by atoms with Gasteiger partial charge in [0.15, 0.2) is 0 Å². The van der Waals surface area contributed by atoms with Gasteiger partial charge in [-0.3, -0.25) is 9.59 Å². The van der Waals surface area contributed by atoms with Crippen LogP contribution in [0.3, 0.4) is 0 Å². The van der Waals surface area contributed by atoms with E-state index in [2.05, 4.69) is 0 Å². The molecule has 3 rings (SSSR count). The van der Waals surface area contributed by atoms with Crippen molar-refractivity contribution in [2.45, 2.75) is 38.0 Å². The van der Waals surface area contributed by atoms with Gasteiger partial charge in [-0.15, -0.1) is 0 Å². The van der Waals surface area contributed by atoms with Gasteiger partial charge >= 0.3 is 6.18 Å². The van der Waals surface area contributed by atoms with Crippen LogP contribution >= 0.6 is 0 Å². The van der Waals surface area contributed by atoms with E-state index in [0.717, 1.165) is 19.0 Å². The fourth-order valence-electron chi connectivity index (χ4n) is 2.82. The number of amides is 1. The Bertz CT molecular complexity index is 667. The number of aromatic nitrogens is 1. The fraction of sp³-hybridized carbons (Fsp3) is 0.625. The van der Waals surface area contributed by atoms with Gasteiger partial charge in [0, 0.05) is 25.9 Å². The predicted molar refractivity (Wildman–Crippen MR) is 79.7 cm³/mol. The Morgan fingerprint density at radius 1 is 1.33 bits per heavy atom. The maximum absolute atomic E-state index is 12.8. The van der Waals surface area contributed by atoms with Gasteiger partial charge in [0.1, 0.15) is 5.56 Å². The molecule has 0 bridgehead atoms. The highest BCUT2D eigenvalue weighted by molar-refractivity contribution is 5.94. The van der Waals surface area contributed by atoms with Gasteiger partial charge in [0.05, 0.1) is 11.7 Å². The lowest BCUT2D eigenvalue weighted by Gasteiger charge is -2.32. The average Bonchev–Trinajstić information content (AvgIpc) is 3.36. The first kappa shape index (κ1) is 17.0. The van der Waals surface area contributed by atoms with Crippen molar-refractivity contribution in [2.75, 3.05) is 19.7 Å². The third-order valence-electron chi connectivity index (χ3n) is 4.39. The number of alkyl halides is 3. The zero-order valence-corrected chi connectivity index (χ0v) is 13.1. The highest BCUT2D eigenvalue weighted by Crippen LogP contribution is 2.30. The summed E-state index contributed by atoms with van der Waals surface area (Å²) in [4.78, 5) is 27.3. The predicted octanol–water partition coefficient (Wildman–Crippen LogP) is 2.42. The number of carbonyl (C=O) groups is 1. The Morgan fingerprint density at radius 2 is 2.08 bits per heavy atom. The number of aromatic amines is 1. The molecule has 0 spiro atoms. The molecule has 5 nitrogen and oxygen atoms in total. The molecule has 1 saturated carbocycles. The van der Waals surface area contributed by atoms with E-state index in [1.165, 1.54) is 17.7 Å². The Morgan fingerprint density at radius 3 is 2.75 bits per heavy atom. The van der Waals surface area contributed by atoms with E-state index in [1.54, 1.807) is 0 Å². The number of likely N-dealkylation sites (tertiary alicyclic amines) is 1. The smallest absolute Gasteiger partial charge is 0.376 e. The van der Waals surface area contributed by atoms with Crippen LogP contribution in [-0.4, -0.2) is 41.6 Å². The van der Waals surface area contributed by atoms with E-state index in [1.807, 2.05) is 4.98 Å². The molecule has 1 aromatic heterocycles. The largest absolute Gasteiger partial charge is 0.421 e. The average molecular weight is 344 g/mol. The fourth-order valence-corrected chi connectivity index (χ4v) is 2.82. The van der Waals surface area contributed by atoms with E-state index in [9.17, 15) is 22.8 Å². The zero-order valence-electron chi connectivity index (χ0n) is 13.1. The minimum atomic E-state index is -4.79. The number of nitrogens with one attached hydrogen (secondary N) is 1. The number of H-pyrrole nitrogens is 1. The lowest BCUT2D eigenvalue weighted by Crippen LogP contribution is -2.43. The number of rotatable bonds is 4. The lowest BCUT2D eigenvalue weighted by atomic mass is 10.1. The van der Waals surface area contributed by atoms with Crippen LogP contribution in [-0.2, 0) is 10.9 Å². The Kier molecular flexibility index (Phi) is 4.67. The summed E-state index contributed by atoms with van der Waals surface area (Å²) in [5, 5.41) is 0. The number of nitrogens with zero attached hydrogens (tertiary/aromatic N) is 1. The van der Waals surface area contributed by atoms with Gasteiger partial charge in [0.2, 0.25) is 0 Å². The van der Waals surface area contributed by atoms with Gasteiger partial charge in [-0.05, 0) is 37.7 Å². The third-order valence-corrected chi connectivity index (χ3v) is 4.39. The monoisotopic (exact) mass is 344 g/mol. The molecule has 1 atom stereocenters. The standard InChI is InChI=1S/C16H19F3N2O3/c17-16(18,19)13-6-11(7-20-14(13)22)15(23)21-5-1-2-12(8-21)24-9-10-3-4-10/h6-7,10,12H,1-5,8-9H2,(H,20,22). The summed E-state index contributed by atoms with van der Waals surface area (Å²) in [7, 11) is 0. The molecule has 0 radical (unpaired) electrons. The van der Waals surface area contributed by atoms with Crippen LogP contribution in [0.1, 0.15) is 41.6 Å². The number of piperidine rings is 1. The summed E-state index contributed by atoms with van der Waals surface area (Å²) >= 11 is 0. The highest BCUT2D eigenvalue weighted by atomic mass is 19.4. The van der Waals surface area contributed by atoms with Crippen molar-refractivity contribution in [3.8, 4) is 0 Å². The number of ether oxygens (including phenoxy) is 1. The highest BCUT2D eigenvalue weighted by Gasteiger charge is 2.35. The molecule has 0 aromatic carbocycles. The molecule has 1 aliphatic carbocycles. The van der Waals surface area contributed by atoms with Crippen molar-refractivity contribution >= 4 is 5.91 Å². The van der Waals surface area contributed by atoms with Gasteiger partial charge in [-0.2, -0.15) is 13.2 Å². The van der Waals surface area contributed by atoms with Crippen LogP contribution in [0.25, 0.3) is 0 Å². The number of hydrogen-bond acceptors (Lipinski definition) is 3. The molecule has 2 aliphatic rings. The molecule has 1 saturated heterocycles.